The number of halogens is 1. The Morgan fingerprint density at radius 1 is 1.44 bits per heavy atom. The highest BCUT2D eigenvalue weighted by Crippen LogP contribution is 2.24. The summed E-state index contributed by atoms with van der Waals surface area (Å²) in [6.45, 7) is 0.683. The second-order valence-corrected chi connectivity index (χ2v) is 3.93. The zero-order chi connectivity index (χ0) is 11.4. The molecule has 4 nitrogen and oxygen atoms in total. The van der Waals surface area contributed by atoms with E-state index in [1.807, 2.05) is 18.2 Å². The van der Waals surface area contributed by atoms with Crippen LogP contribution in [0.4, 0.5) is 5.82 Å². The standard InChI is InChI=1S/C11H11BrN2O2/c1-15-9-2-3-10(14-11(9)12)13-6-8-4-5-16-7-8/h2-5,7H,6H2,1H3,(H,13,14). The normalized spacial score (nSPS) is 10.1. The van der Waals surface area contributed by atoms with Gasteiger partial charge in [-0.15, -0.1) is 0 Å². The molecule has 2 aromatic rings. The molecule has 1 N–H and O–H groups in total. The summed E-state index contributed by atoms with van der Waals surface area (Å²) in [4.78, 5) is 4.29. The molecule has 0 radical (unpaired) electrons. The topological polar surface area (TPSA) is 47.3 Å². The van der Waals surface area contributed by atoms with E-state index in [-0.39, 0.29) is 0 Å². The molecule has 0 saturated heterocycles. The van der Waals surface area contributed by atoms with E-state index in [1.54, 1.807) is 19.6 Å². The van der Waals surface area contributed by atoms with E-state index in [0.29, 0.717) is 16.9 Å². The van der Waals surface area contributed by atoms with E-state index in [2.05, 4.69) is 26.2 Å². The van der Waals surface area contributed by atoms with Gasteiger partial charge in [0.25, 0.3) is 0 Å². The first kappa shape index (κ1) is 11.0. The van der Waals surface area contributed by atoms with Gasteiger partial charge in [-0.2, -0.15) is 0 Å². The fourth-order valence-corrected chi connectivity index (χ4v) is 1.74. The van der Waals surface area contributed by atoms with Gasteiger partial charge in [0, 0.05) is 12.1 Å². The van der Waals surface area contributed by atoms with Gasteiger partial charge in [0.2, 0.25) is 0 Å². The van der Waals surface area contributed by atoms with Crippen molar-refractivity contribution < 1.29 is 9.15 Å². The Labute approximate surface area is 102 Å². The maximum atomic E-state index is 5.10. The van der Waals surface area contributed by atoms with E-state index in [4.69, 9.17) is 9.15 Å². The van der Waals surface area contributed by atoms with Crippen molar-refractivity contribution in [2.24, 2.45) is 0 Å². The van der Waals surface area contributed by atoms with Crippen molar-refractivity contribution in [3.8, 4) is 5.75 Å². The minimum Gasteiger partial charge on any atom is -0.494 e. The molecule has 0 saturated carbocycles. The third kappa shape index (κ3) is 2.55. The highest BCUT2D eigenvalue weighted by molar-refractivity contribution is 9.10. The number of nitrogens with one attached hydrogen (secondary N) is 1. The first-order valence-electron chi connectivity index (χ1n) is 4.75. The van der Waals surface area contributed by atoms with Crippen molar-refractivity contribution in [3.05, 3.63) is 40.9 Å². The Balaban J connectivity index is 2.02. The molecule has 0 aliphatic heterocycles. The second-order valence-electron chi connectivity index (χ2n) is 3.17. The molecule has 0 aliphatic rings. The molecule has 2 aromatic heterocycles. The molecule has 0 spiro atoms. The van der Waals surface area contributed by atoms with Crippen molar-refractivity contribution in [1.82, 2.24) is 4.98 Å². The Hall–Kier alpha value is -1.49. The summed E-state index contributed by atoms with van der Waals surface area (Å²) in [5, 5.41) is 3.18. The maximum Gasteiger partial charge on any atom is 0.151 e. The van der Waals surface area contributed by atoms with Crippen LogP contribution < -0.4 is 10.1 Å². The molecule has 0 aliphatic carbocycles. The van der Waals surface area contributed by atoms with Crippen LogP contribution in [0.25, 0.3) is 0 Å². The maximum absolute atomic E-state index is 5.10. The minimum atomic E-state index is 0.683. The summed E-state index contributed by atoms with van der Waals surface area (Å²) in [7, 11) is 1.61. The largest absolute Gasteiger partial charge is 0.494 e. The number of furan rings is 1. The van der Waals surface area contributed by atoms with Gasteiger partial charge in [0.15, 0.2) is 5.75 Å². The molecule has 0 unspecified atom stereocenters. The van der Waals surface area contributed by atoms with Gasteiger partial charge in [0.1, 0.15) is 10.4 Å². The van der Waals surface area contributed by atoms with Crippen molar-refractivity contribution in [2.75, 3.05) is 12.4 Å². The molecule has 0 amide bonds. The molecule has 84 valence electrons. The molecular formula is C11H11BrN2O2. The average molecular weight is 283 g/mol. The summed E-state index contributed by atoms with van der Waals surface area (Å²) in [5.41, 5.74) is 1.08. The molecule has 16 heavy (non-hydrogen) atoms. The summed E-state index contributed by atoms with van der Waals surface area (Å²) in [6.07, 6.45) is 3.35. The molecule has 0 atom stereocenters. The number of rotatable bonds is 4. The van der Waals surface area contributed by atoms with Gasteiger partial charge in [-0.1, -0.05) is 0 Å². The van der Waals surface area contributed by atoms with Crippen LogP contribution in [0.2, 0.25) is 0 Å². The third-order valence-corrected chi connectivity index (χ3v) is 2.66. The Bertz CT molecular complexity index is 457. The van der Waals surface area contributed by atoms with Gasteiger partial charge in [-0.25, -0.2) is 4.98 Å². The monoisotopic (exact) mass is 282 g/mol. The highest BCUT2D eigenvalue weighted by Gasteiger charge is 2.02. The van der Waals surface area contributed by atoms with Crippen LogP contribution in [0.5, 0.6) is 5.75 Å². The molecule has 0 bridgehead atoms. The van der Waals surface area contributed by atoms with Crippen LogP contribution in [0.15, 0.2) is 39.7 Å². The number of pyridine rings is 1. The van der Waals surface area contributed by atoms with Crippen molar-refractivity contribution in [1.29, 1.82) is 0 Å². The van der Waals surface area contributed by atoms with E-state index >= 15 is 0 Å². The number of aromatic nitrogens is 1. The van der Waals surface area contributed by atoms with Crippen molar-refractivity contribution in [2.45, 2.75) is 6.54 Å². The van der Waals surface area contributed by atoms with Crippen LogP contribution in [-0.2, 0) is 6.54 Å². The summed E-state index contributed by atoms with van der Waals surface area (Å²) in [5.74, 6) is 1.50. The summed E-state index contributed by atoms with van der Waals surface area (Å²) in [6, 6.07) is 5.63. The smallest absolute Gasteiger partial charge is 0.151 e. The third-order valence-electron chi connectivity index (χ3n) is 2.09. The van der Waals surface area contributed by atoms with Crippen molar-refractivity contribution >= 4 is 21.7 Å². The molecule has 2 heterocycles. The van der Waals surface area contributed by atoms with Crippen LogP contribution in [0, 0.1) is 0 Å². The lowest BCUT2D eigenvalue weighted by atomic mass is 10.3. The van der Waals surface area contributed by atoms with E-state index < -0.39 is 0 Å². The summed E-state index contributed by atoms with van der Waals surface area (Å²) >= 11 is 3.33. The highest BCUT2D eigenvalue weighted by atomic mass is 79.9. The van der Waals surface area contributed by atoms with Crippen LogP contribution in [0.1, 0.15) is 5.56 Å². The van der Waals surface area contributed by atoms with Gasteiger partial charge in [-0.05, 0) is 34.1 Å². The Morgan fingerprint density at radius 3 is 2.94 bits per heavy atom. The Kier molecular flexibility index (Phi) is 3.46. The molecule has 0 fully saturated rings. The lowest BCUT2D eigenvalue weighted by molar-refractivity contribution is 0.410. The fourth-order valence-electron chi connectivity index (χ4n) is 1.26. The molecular weight excluding hydrogens is 272 g/mol. The van der Waals surface area contributed by atoms with Gasteiger partial charge in [0.05, 0.1) is 19.6 Å². The fraction of sp³-hybridized carbons (Fsp3) is 0.182. The molecule has 2 rings (SSSR count). The number of hydrogen-bond acceptors (Lipinski definition) is 4. The van der Waals surface area contributed by atoms with Crippen LogP contribution >= 0.6 is 15.9 Å². The molecule has 5 heteroatoms. The quantitative estimate of drug-likeness (QED) is 0.876. The average Bonchev–Trinajstić information content (AvgIpc) is 2.79. The predicted octanol–water partition coefficient (Wildman–Crippen LogP) is 3.06. The first-order chi connectivity index (χ1) is 7.79. The van der Waals surface area contributed by atoms with E-state index in [9.17, 15) is 0 Å². The second kappa shape index (κ2) is 5.03. The Morgan fingerprint density at radius 2 is 2.31 bits per heavy atom. The number of nitrogens with zero attached hydrogens (tertiary/aromatic N) is 1. The van der Waals surface area contributed by atoms with Gasteiger partial charge < -0.3 is 14.5 Å². The lowest BCUT2D eigenvalue weighted by Gasteiger charge is -2.06. The van der Waals surface area contributed by atoms with Gasteiger partial charge >= 0.3 is 0 Å². The molecule has 0 aromatic carbocycles. The van der Waals surface area contributed by atoms with Gasteiger partial charge in [-0.3, -0.25) is 0 Å². The lowest BCUT2D eigenvalue weighted by Crippen LogP contribution is -2.00. The number of hydrogen-bond donors (Lipinski definition) is 1. The van der Waals surface area contributed by atoms with Crippen LogP contribution in [0.3, 0.4) is 0 Å². The van der Waals surface area contributed by atoms with E-state index in [0.717, 1.165) is 11.4 Å². The predicted molar refractivity (Wildman–Crippen MR) is 64.5 cm³/mol. The SMILES string of the molecule is COc1ccc(NCc2ccoc2)nc1Br. The number of anilines is 1. The number of ether oxygens (including phenoxy) is 1. The first-order valence-corrected chi connectivity index (χ1v) is 5.54. The van der Waals surface area contributed by atoms with Crippen molar-refractivity contribution in [3.63, 3.8) is 0 Å². The zero-order valence-corrected chi connectivity index (χ0v) is 10.3. The summed E-state index contributed by atoms with van der Waals surface area (Å²) < 4.78 is 10.8. The van der Waals surface area contributed by atoms with E-state index in [1.165, 1.54) is 0 Å². The minimum absolute atomic E-state index is 0.683. The zero-order valence-electron chi connectivity index (χ0n) is 8.74. The van der Waals surface area contributed by atoms with Crippen LogP contribution in [-0.4, -0.2) is 12.1 Å². The number of methoxy groups -OCH3 is 1.